The average Bonchev–Trinajstić information content (AvgIpc) is 2.65. The van der Waals surface area contributed by atoms with E-state index in [2.05, 4.69) is 4.98 Å². The van der Waals surface area contributed by atoms with E-state index in [9.17, 15) is 0 Å². The van der Waals surface area contributed by atoms with Crippen LogP contribution in [-0.2, 0) is 6.54 Å². The molecule has 1 heterocycles. The molecule has 94 valence electrons. The highest BCUT2D eigenvalue weighted by atomic mass is 16.5. The molecule has 0 aromatic carbocycles. The summed E-state index contributed by atoms with van der Waals surface area (Å²) in [6.45, 7) is 1.29. The van der Waals surface area contributed by atoms with Crippen LogP contribution in [-0.4, -0.2) is 11.6 Å². The van der Waals surface area contributed by atoms with Crippen LogP contribution in [0, 0.1) is 5.92 Å². The summed E-state index contributed by atoms with van der Waals surface area (Å²) in [5.74, 6) is 1.42. The Hall–Kier alpha value is -1.09. The molecule has 1 fully saturated rings. The van der Waals surface area contributed by atoms with Gasteiger partial charge in [0.2, 0.25) is 5.88 Å². The molecule has 0 radical (unpaired) electrons. The molecular formula is C14H22N2O. The van der Waals surface area contributed by atoms with Gasteiger partial charge in [0, 0.05) is 18.3 Å². The fourth-order valence-corrected chi connectivity index (χ4v) is 2.44. The van der Waals surface area contributed by atoms with Crippen LogP contribution in [0.15, 0.2) is 18.3 Å². The third kappa shape index (κ3) is 3.70. The number of aromatic nitrogens is 1. The monoisotopic (exact) mass is 234 g/mol. The summed E-state index contributed by atoms with van der Waals surface area (Å²) in [4.78, 5) is 4.26. The van der Waals surface area contributed by atoms with Gasteiger partial charge in [-0.05, 0) is 24.8 Å². The summed E-state index contributed by atoms with van der Waals surface area (Å²) in [5, 5.41) is 0. The van der Waals surface area contributed by atoms with E-state index in [0.717, 1.165) is 18.1 Å². The third-order valence-corrected chi connectivity index (χ3v) is 3.50. The highest BCUT2D eigenvalue weighted by Gasteiger charge is 2.13. The largest absolute Gasteiger partial charge is 0.477 e. The molecule has 0 spiro atoms. The second-order valence-electron chi connectivity index (χ2n) is 4.84. The topological polar surface area (TPSA) is 48.1 Å². The molecule has 17 heavy (non-hydrogen) atoms. The van der Waals surface area contributed by atoms with E-state index in [1.54, 1.807) is 6.20 Å². The van der Waals surface area contributed by atoms with Gasteiger partial charge in [0.1, 0.15) is 0 Å². The van der Waals surface area contributed by atoms with Crippen LogP contribution in [0.1, 0.15) is 44.1 Å². The minimum absolute atomic E-state index is 0.494. The predicted molar refractivity (Wildman–Crippen MR) is 68.8 cm³/mol. The maximum absolute atomic E-state index is 5.83. The smallest absolute Gasteiger partial charge is 0.217 e. The van der Waals surface area contributed by atoms with Gasteiger partial charge in [-0.25, -0.2) is 4.98 Å². The van der Waals surface area contributed by atoms with Gasteiger partial charge in [0.25, 0.3) is 0 Å². The second kappa shape index (κ2) is 6.60. The highest BCUT2D eigenvalue weighted by Crippen LogP contribution is 2.24. The van der Waals surface area contributed by atoms with Gasteiger partial charge in [-0.15, -0.1) is 0 Å². The van der Waals surface area contributed by atoms with Gasteiger partial charge in [0.05, 0.1) is 6.61 Å². The fourth-order valence-electron chi connectivity index (χ4n) is 2.44. The van der Waals surface area contributed by atoms with Crippen LogP contribution in [0.4, 0.5) is 0 Å². The first-order valence-corrected chi connectivity index (χ1v) is 6.67. The van der Waals surface area contributed by atoms with Crippen LogP contribution in [0.25, 0.3) is 0 Å². The van der Waals surface area contributed by atoms with Crippen molar-refractivity contribution in [3.63, 3.8) is 0 Å². The molecule has 0 amide bonds. The average molecular weight is 234 g/mol. The minimum atomic E-state index is 0.494. The van der Waals surface area contributed by atoms with Crippen molar-refractivity contribution in [3.05, 3.63) is 23.9 Å². The van der Waals surface area contributed by atoms with Crippen molar-refractivity contribution >= 4 is 0 Å². The fraction of sp³-hybridized carbons (Fsp3) is 0.643. The number of hydrogen-bond acceptors (Lipinski definition) is 3. The van der Waals surface area contributed by atoms with Crippen molar-refractivity contribution in [2.24, 2.45) is 11.7 Å². The van der Waals surface area contributed by atoms with Gasteiger partial charge in [-0.2, -0.15) is 0 Å². The van der Waals surface area contributed by atoms with Crippen molar-refractivity contribution in [1.82, 2.24) is 4.98 Å². The van der Waals surface area contributed by atoms with E-state index in [0.29, 0.717) is 12.5 Å². The van der Waals surface area contributed by atoms with Crippen LogP contribution in [0.5, 0.6) is 5.88 Å². The highest BCUT2D eigenvalue weighted by molar-refractivity contribution is 5.24. The van der Waals surface area contributed by atoms with E-state index in [-0.39, 0.29) is 0 Å². The lowest BCUT2D eigenvalue weighted by molar-refractivity contribution is 0.224. The molecule has 0 atom stereocenters. The van der Waals surface area contributed by atoms with Crippen LogP contribution in [0.2, 0.25) is 0 Å². The Labute approximate surface area is 103 Å². The summed E-state index contributed by atoms with van der Waals surface area (Å²) >= 11 is 0. The molecular weight excluding hydrogens is 212 g/mol. The number of nitrogens with zero attached hydrogens (tertiary/aromatic N) is 1. The van der Waals surface area contributed by atoms with Crippen LogP contribution in [0.3, 0.4) is 0 Å². The lowest BCUT2D eigenvalue weighted by Crippen LogP contribution is -2.13. The molecule has 1 aromatic rings. The molecule has 0 saturated heterocycles. The maximum atomic E-state index is 5.83. The van der Waals surface area contributed by atoms with Gasteiger partial charge in [-0.1, -0.05) is 31.7 Å². The summed E-state index contributed by atoms with van der Waals surface area (Å²) in [5.41, 5.74) is 6.67. The molecule has 1 aliphatic rings. The Bertz CT molecular complexity index is 333. The molecule has 0 aliphatic heterocycles. The molecule has 1 aromatic heterocycles. The molecule has 3 nitrogen and oxygen atoms in total. The zero-order chi connectivity index (χ0) is 11.9. The van der Waals surface area contributed by atoms with Crippen molar-refractivity contribution < 1.29 is 4.74 Å². The summed E-state index contributed by atoms with van der Waals surface area (Å²) in [6.07, 6.45) is 9.82. The quantitative estimate of drug-likeness (QED) is 0.815. The lowest BCUT2D eigenvalue weighted by atomic mass is 10.0. The number of hydrogen-bond donors (Lipinski definition) is 1. The second-order valence-corrected chi connectivity index (χ2v) is 4.84. The first-order chi connectivity index (χ1) is 8.40. The zero-order valence-electron chi connectivity index (χ0n) is 10.4. The standard InChI is InChI=1S/C14H22N2O/c15-10-13-8-5-9-16-14(13)17-11-12-6-3-1-2-4-7-12/h5,8-9,12H,1-4,6-7,10-11,15H2. The third-order valence-electron chi connectivity index (χ3n) is 3.50. The Morgan fingerprint density at radius 3 is 2.71 bits per heavy atom. The normalized spacial score (nSPS) is 17.7. The lowest BCUT2D eigenvalue weighted by Gasteiger charge is -2.15. The molecule has 2 N–H and O–H groups in total. The minimum Gasteiger partial charge on any atom is -0.477 e. The summed E-state index contributed by atoms with van der Waals surface area (Å²) in [6, 6.07) is 3.89. The maximum Gasteiger partial charge on any atom is 0.217 e. The Morgan fingerprint density at radius 2 is 2.00 bits per heavy atom. The first-order valence-electron chi connectivity index (χ1n) is 6.67. The van der Waals surface area contributed by atoms with Gasteiger partial charge < -0.3 is 10.5 Å². The van der Waals surface area contributed by atoms with Crippen molar-refractivity contribution in [2.75, 3.05) is 6.61 Å². The Morgan fingerprint density at radius 1 is 1.24 bits per heavy atom. The molecule has 3 heteroatoms. The Balaban J connectivity index is 1.87. The summed E-state index contributed by atoms with van der Waals surface area (Å²) in [7, 11) is 0. The number of ether oxygens (including phenoxy) is 1. The van der Waals surface area contributed by atoms with Crippen LogP contribution >= 0.6 is 0 Å². The molecule has 1 saturated carbocycles. The van der Waals surface area contributed by atoms with Crippen molar-refractivity contribution in [2.45, 2.75) is 45.1 Å². The number of rotatable bonds is 4. The molecule has 0 bridgehead atoms. The zero-order valence-corrected chi connectivity index (χ0v) is 10.4. The number of nitrogens with two attached hydrogens (primary N) is 1. The van der Waals surface area contributed by atoms with E-state index in [4.69, 9.17) is 10.5 Å². The van der Waals surface area contributed by atoms with E-state index in [1.165, 1.54) is 38.5 Å². The van der Waals surface area contributed by atoms with E-state index in [1.807, 2.05) is 12.1 Å². The first kappa shape index (κ1) is 12.4. The SMILES string of the molecule is NCc1cccnc1OCC1CCCCCC1. The Kier molecular flexibility index (Phi) is 4.80. The molecule has 0 unspecified atom stereocenters. The van der Waals surface area contributed by atoms with Gasteiger partial charge >= 0.3 is 0 Å². The van der Waals surface area contributed by atoms with Gasteiger partial charge in [-0.3, -0.25) is 0 Å². The summed E-state index contributed by atoms with van der Waals surface area (Å²) < 4.78 is 5.83. The predicted octanol–water partition coefficient (Wildman–Crippen LogP) is 2.89. The van der Waals surface area contributed by atoms with Crippen molar-refractivity contribution in [1.29, 1.82) is 0 Å². The van der Waals surface area contributed by atoms with Crippen LogP contribution < -0.4 is 10.5 Å². The molecule has 2 rings (SSSR count). The van der Waals surface area contributed by atoms with E-state index >= 15 is 0 Å². The molecule has 1 aliphatic carbocycles. The van der Waals surface area contributed by atoms with E-state index < -0.39 is 0 Å². The van der Waals surface area contributed by atoms with Crippen molar-refractivity contribution in [3.8, 4) is 5.88 Å². The number of pyridine rings is 1. The van der Waals surface area contributed by atoms with Gasteiger partial charge in [0.15, 0.2) is 0 Å².